The third kappa shape index (κ3) is 2.46. The van der Waals surface area contributed by atoms with Gasteiger partial charge in [-0.05, 0) is 42.3 Å². The molecule has 2 aliphatic rings. The first kappa shape index (κ1) is 16.6. The summed E-state index contributed by atoms with van der Waals surface area (Å²) in [5.74, 6) is -0.505. The van der Waals surface area contributed by atoms with Gasteiger partial charge >= 0.3 is 6.18 Å². The van der Waals surface area contributed by atoms with Gasteiger partial charge in [0.25, 0.3) is 5.91 Å². The molecule has 0 bridgehead atoms. The number of nitrogens with one attached hydrogen (secondary N) is 1. The molecule has 1 unspecified atom stereocenters. The van der Waals surface area contributed by atoms with Crippen LogP contribution in [0.4, 0.5) is 18.9 Å². The molecule has 4 rings (SSSR count). The molecule has 1 N–H and O–H groups in total. The van der Waals surface area contributed by atoms with Gasteiger partial charge in [0.2, 0.25) is 5.91 Å². The van der Waals surface area contributed by atoms with Crippen LogP contribution >= 0.6 is 0 Å². The molecular weight excluding hydrogens is 345 g/mol. The fourth-order valence-electron chi connectivity index (χ4n) is 3.75. The van der Waals surface area contributed by atoms with Crippen LogP contribution < -0.4 is 5.32 Å². The van der Waals surface area contributed by atoms with E-state index in [-0.39, 0.29) is 23.9 Å². The van der Waals surface area contributed by atoms with Crippen LogP contribution in [0.15, 0.2) is 48.5 Å². The molecule has 1 saturated heterocycles. The Labute approximate surface area is 147 Å². The molecule has 2 aromatic rings. The van der Waals surface area contributed by atoms with Crippen LogP contribution in [0, 0.1) is 0 Å². The van der Waals surface area contributed by atoms with Crippen molar-refractivity contribution in [3.05, 3.63) is 65.2 Å². The van der Waals surface area contributed by atoms with Crippen molar-refractivity contribution in [3.8, 4) is 0 Å². The van der Waals surface area contributed by atoms with Crippen LogP contribution in [0.5, 0.6) is 0 Å². The lowest BCUT2D eigenvalue weighted by molar-refractivity contribution is -0.137. The second-order valence-corrected chi connectivity index (χ2v) is 6.63. The zero-order valence-electron chi connectivity index (χ0n) is 13.6. The number of carbonyl (C=O) groups excluding carboxylic acids is 2. The van der Waals surface area contributed by atoms with E-state index >= 15 is 0 Å². The Morgan fingerprint density at radius 1 is 1.08 bits per heavy atom. The van der Waals surface area contributed by atoms with Gasteiger partial charge in [-0.2, -0.15) is 13.2 Å². The van der Waals surface area contributed by atoms with Gasteiger partial charge in [-0.15, -0.1) is 0 Å². The summed E-state index contributed by atoms with van der Waals surface area (Å²) < 4.78 is 38.0. The maximum atomic E-state index is 12.7. The van der Waals surface area contributed by atoms with Gasteiger partial charge in [-0.3, -0.25) is 9.59 Å². The molecule has 1 fully saturated rings. The number of nitrogens with zero attached hydrogens (tertiary/aromatic N) is 1. The molecular formula is C19H15F3N2O2. The fraction of sp³-hybridized carbons (Fsp3) is 0.263. The maximum absolute atomic E-state index is 12.7. The van der Waals surface area contributed by atoms with E-state index in [0.717, 1.165) is 23.4 Å². The molecule has 0 radical (unpaired) electrons. The standard InChI is InChI=1S/C19H15F3N2O2/c20-19(21,22)13-7-5-12(6-8-13)16(25)24-10-9-18(11-24)14-3-1-2-4-15(14)23-17(18)26/h1-8H,9-11H2,(H,23,26). The first-order chi connectivity index (χ1) is 12.3. The second kappa shape index (κ2) is 5.59. The number of alkyl halides is 3. The van der Waals surface area contributed by atoms with Gasteiger partial charge in [-0.25, -0.2) is 0 Å². The lowest BCUT2D eigenvalue weighted by Gasteiger charge is -2.22. The molecule has 0 aromatic heterocycles. The average Bonchev–Trinajstić information content (AvgIpc) is 3.18. The van der Waals surface area contributed by atoms with Gasteiger partial charge in [-0.1, -0.05) is 18.2 Å². The van der Waals surface area contributed by atoms with Crippen molar-refractivity contribution in [1.29, 1.82) is 0 Å². The van der Waals surface area contributed by atoms with Crippen molar-refractivity contribution in [3.63, 3.8) is 0 Å². The summed E-state index contributed by atoms with van der Waals surface area (Å²) in [5.41, 5.74) is 0.227. The summed E-state index contributed by atoms with van der Waals surface area (Å²) >= 11 is 0. The highest BCUT2D eigenvalue weighted by molar-refractivity contribution is 6.07. The predicted octanol–water partition coefficient (Wildman–Crippen LogP) is 3.44. The van der Waals surface area contributed by atoms with E-state index in [1.165, 1.54) is 17.0 Å². The number of hydrogen-bond acceptors (Lipinski definition) is 2. The number of benzene rings is 2. The van der Waals surface area contributed by atoms with Gasteiger partial charge in [0.05, 0.1) is 11.0 Å². The van der Waals surface area contributed by atoms with Crippen LogP contribution in [0.2, 0.25) is 0 Å². The lowest BCUT2D eigenvalue weighted by Crippen LogP contribution is -2.39. The fourth-order valence-corrected chi connectivity index (χ4v) is 3.75. The third-order valence-corrected chi connectivity index (χ3v) is 5.14. The average molecular weight is 360 g/mol. The quantitative estimate of drug-likeness (QED) is 0.847. The number of anilines is 1. The first-order valence-corrected chi connectivity index (χ1v) is 8.19. The van der Waals surface area contributed by atoms with E-state index in [1.807, 2.05) is 24.3 Å². The Morgan fingerprint density at radius 3 is 2.46 bits per heavy atom. The molecule has 2 amide bonds. The Bertz CT molecular complexity index is 892. The summed E-state index contributed by atoms with van der Waals surface area (Å²) in [6, 6.07) is 11.5. The number of amides is 2. The van der Waals surface area contributed by atoms with Crippen molar-refractivity contribution in [2.45, 2.75) is 18.0 Å². The highest BCUT2D eigenvalue weighted by Gasteiger charge is 2.52. The second-order valence-electron chi connectivity index (χ2n) is 6.63. The topological polar surface area (TPSA) is 49.4 Å². The Morgan fingerprint density at radius 2 is 1.77 bits per heavy atom. The first-order valence-electron chi connectivity index (χ1n) is 8.19. The van der Waals surface area contributed by atoms with E-state index in [4.69, 9.17) is 0 Å². The highest BCUT2D eigenvalue weighted by atomic mass is 19.4. The van der Waals surface area contributed by atoms with E-state index < -0.39 is 17.2 Å². The van der Waals surface area contributed by atoms with E-state index in [9.17, 15) is 22.8 Å². The van der Waals surface area contributed by atoms with Crippen LogP contribution in [0.3, 0.4) is 0 Å². The minimum atomic E-state index is -4.44. The number of hydrogen-bond donors (Lipinski definition) is 1. The Kier molecular flexibility index (Phi) is 3.57. The number of halogens is 3. The van der Waals surface area contributed by atoms with Crippen molar-refractivity contribution in [1.82, 2.24) is 4.90 Å². The zero-order chi connectivity index (χ0) is 18.5. The van der Waals surface area contributed by atoms with Crippen LogP contribution in [-0.4, -0.2) is 29.8 Å². The molecule has 0 aliphatic carbocycles. The number of rotatable bonds is 1. The predicted molar refractivity (Wildman–Crippen MR) is 88.7 cm³/mol. The van der Waals surface area contributed by atoms with Gasteiger partial charge in [0.1, 0.15) is 0 Å². The molecule has 2 heterocycles. The highest BCUT2D eigenvalue weighted by Crippen LogP contribution is 2.44. The molecule has 7 heteroatoms. The molecule has 1 atom stereocenters. The molecule has 4 nitrogen and oxygen atoms in total. The molecule has 134 valence electrons. The lowest BCUT2D eigenvalue weighted by atomic mass is 9.81. The third-order valence-electron chi connectivity index (χ3n) is 5.14. The van der Waals surface area contributed by atoms with Crippen LogP contribution in [0.25, 0.3) is 0 Å². The SMILES string of the molecule is O=C(c1ccc(C(F)(F)F)cc1)N1CCC2(C1)C(=O)Nc1ccccc12. The van der Waals surface area contributed by atoms with Crippen molar-refractivity contribution in [2.75, 3.05) is 18.4 Å². The summed E-state index contributed by atoms with van der Waals surface area (Å²) in [6.45, 7) is 0.595. The van der Waals surface area contributed by atoms with Crippen LogP contribution in [-0.2, 0) is 16.4 Å². The van der Waals surface area contributed by atoms with Crippen LogP contribution in [0.1, 0.15) is 27.9 Å². The molecule has 2 aliphatic heterocycles. The number of para-hydroxylation sites is 1. The minimum absolute atomic E-state index is 0.138. The van der Waals surface area contributed by atoms with Gasteiger partial charge in [0, 0.05) is 24.3 Å². The Balaban J connectivity index is 1.58. The Hall–Kier alpha value is -2.83. The summed E-state index contributed by atoms with van der Waals surface area (Å²) in [5, 5.41) is 2.85. The summed E-state index contributed by atoms with van der Waals surface area (Å²) in [7, 11) is 0. The van der Waals surface area contributed by atoms with Crippen molar-refractivity contribution in [2.24, 2.45) is 0 Å². The van der Waals surface area contributed by atoms with Crippen molar-refractivity contribution >= 4 is 17.5 Å². The maximum Gasteiger partial charge on any atom is 0.416 e. The summed E-state index contributed by atoms with van der Waals surface area (Å²) in [4.78, 5) is 26.8. The van der Waals surface area contributed by atoms with Crippen molar-refractivity contribution < 1.29 is 22.8 Å². The zero-order valence-corrected chi connectivity index (χ0v) is 13.6. The molecule has 1 spiro atoms. The number of likely N-dealkylation sites (tertiary alicyclic amines) is 1. The van der Waals surface area contributed by atoms with Gasteiger partial charge < -0.3 is 10.2 Å². The minimum Gasteiger partial charge on any atom is -0.337 e. The monoisotopic (exact) mass is 360 g/mol. The number of carbonyl (C=O) groups is 2. The molecule has 26 heavy (non-hydrogen) atoms. The van der Waals surface area contributed by atoms with E-state index in [0.29, 0.717) is 13.0 Å². The largest absolute Gasteiger partial charge is 0.416 e. The molecule has 2 aromatic carbocycles. The summed E-state index contributed by atoms with van der Waals surface area (Å²) in [6.07, 6.45) is -3.95. The smallest absolute Gasteiger partial charge is 0.337 e. The van der Waals surface area contributed by atoms with E-state index in [2.05, 4.69) is 5.32 Å². The normalized spacial score (nSPS) is 21.8. The molecule has 0 saturated carbocycles. The number of fused-ring (bicyclic) bond motifs is 2. The van der Waals surface area contributed by atoms with Gasteiger partial charge in [0.15, 0.2) is 0 Å². The van der Waals surface area contributed by atoms with E-state index in [1.54, 1.807) is 0 Å².